The van der Waals surface area contributed by atoms with Crippen molar-refractivity contribution in [2.45, 2.75) is 45.1 Å². The van der Waals surface area contributed by atoms with Crippen LogP contribution in [0.2, 0.25) is 0 Å². The Kier molecular flexibility index (Phi) is 5.06. The van der Waals surface area contributed by atoms with Crippen molar-refractivity contribution in [2.75, 3.05) is 11.4 Å². The number of hydrogen-bond acceptors (Lipinski definition) is 3. The highest BCUT2D eigenvalue weighted by atomic mass is 19.1. The molecule has 1 aliphatic heterocycles. The van der Waals surface area contributed by atoms with Gasteiger partial charge in [-0.2, -0.15) is 0 Å². The van der Waals surface area contributed by atoms with Crippen molar-refractivity contribution >= 4 is 17.5 Å². The fraction of sp³-hybridized carbons (Fsp3) is 0.409. The number of rotatable bonds is 3. The number of aromatic nitrogens is 1. The van der Waals surface area contributed by atoms with Crippen LogP contribution in [-0.4, -0.2) is 29.4 Å². The van der Waals surface area contributed by atoms with Gasteiger partial charge in [0.1, 0.15) is 17.3 Å². The molecule has 1 aliphatic carbocycles. The number of aryl methyl sites for hydroxylation is 1. The van der Waals surface area contributed by atoms with E-state index in [1.165, 1.54) is 17.0 Å². The van der Waals surface area contributed by atoms with Gasteiger partial charge >= 0.3 is 0 Å². The molecular weight excluding hydrogens is 376 g/mol. The van der Waals surface area contributed by atoms with Gasteiger partial charge in [-0.1, -0.05) is 12.5 Å². The monoisotopic (exact) mass is 399 g/mol. The third-order valence-electron chi connectivity index (χ3n) is 5.97. The molecule has 2 fully saturated rings. The van der Waals surface area contributed by atoms with Crippen LogP contribution in [0.5, 0.6) is 0 Å². The molecule has 2 aromatic rings. The average Bonchev–Trinajstić information content (AvgIpc) is 2.97. The van der Waals surface area contributed by atoms with Crippen LogP contribution in [-0.2, 0) is 4.79 Å². The van der Waals surface area contributed by atoms with Gasteiger partial charge in [0, 0.05) is 30.0 Å². The normalized spacial score (nSPS) is 24.2. The van der Waals surface area contributed by atoms with E-state index in [-0.39, 0.29) is 23.5 Å². The summed E-state index contributed by atoms with van der Waals surface area (Å²) in [4.78, 5) is 31.5. The molecule has 2 amide bonds. The summed E-state index contributed by atoms with van der Waals surface area (Å²) in [5, 5.41) is 3.01. The van der Waals surface area contributed by atoms with E-state index < -0.39 is 17.0 Å². The largest absolute Gasteiger partial charge is 0.348 e. The minimum atomic E-state index is -0.701. The van der Waals surface area contributed by atoms with Gasteiger partial charge < -0.3 is 10.2 Å². The lowest BCUT2D eigenvalue weighted by atomic mass is 9.71. The zero-order chi connectivity index (χ0) is 20.6. The number of carbonyl (C=O) groups is 2. The van der Waals surface area contributed by atoms with Crippen LogP contribution in [0, 0.1) is 24.0 Å². The molecule has 1 aromatic carbocycles. The maximum atomic E-state index is 13.6. The predicted molar refractivity (Wildman–Crippen MR) is 104 cm³/mol. The summed E-state index contributed by atoms with van der Waals surface area (Å²) in [5.41, 5.74) is 0.777. The molecule has 2 atom stereocenters. The number of nitrogens with one attached hydrogen (secondary N) is 1. The number of nitrogens with zero attached hydrogens (tertiary/aromatic N) is 2. The van der Waals surface area contributed by atoms with Gasteiger partial charge in [-0.05, 0) is 56.9 Å². The van der Waals surface area contributed by atoms with Gasteiger partial charge in [0.05, 0.1) is 5.41 Å². The Morgan fingerprint density at radius 3 is 2.69 bits per heavy atom. The zero-order valence-corrected chi connectivity index (χ0v) is 16.3. The SMILES string of the molecule is Cc1cccc(C(=O)N[C@H]2CCCC3(CCN(c4cc(F)cc(F)c4)C3=O)C2)n1. The summed E-state index contributed by atoms with van der Waals surface area (Å²) in [6.45, 7) is 2.25. The number of halogens is 2. The molecule has 152 valence electrons. The van der Waals surface area contributed by atoms with Crippen molar-refractivity contribution in [3.8, 4) is 0 Å². The first-order valence-corrected chi connectivity index (χ1v) is 9.89. The quantitative estimate of drug-likeness (QED) is 0.855. The van der Waals surface area contributed by atoms with Crippen LogP contribution < -0.4 is 10.2 Å². The average molecular weight is 399 g/mol. The zero-order valence-electron chi connectivity index (χ0n) is 16.3. The first kappa shape index (κ1) is 19.5. The lowest BCUT2D eigenvalue weighted by molar-refractivity contribution is -0.127. The summed E-state index contributed by atoms with van der Waals surface area (Å²) in [6, 6.07) is 8.32. The number of anilines is 1. The first-order chi connectivity index (χ1) is 13.9. The van der Waals surface area contributed by atoms with Gasteiger partial charge in [-0.25, -0.2) is 13.8 Å². The van der Waals surface area contributed by atoms with Crippen molar-refractivity contribution < 1.29 is 18.4 Å². The van der Waals surface area contributed by atoms with Gasteiger partial charge in [0.25, 0.3) is 5.91 Å². The summed E-state index contributed by atoms with van der Waals surface area (Å²) in [6.07, 6.45) is 3.45. The minimum absolute atomic E-state index is 0.116. The highest BCUT2D eigenvalue weighted by Gasteiger charge is 2.49. The molecular formula is C22H23F2N3O2. The van der Waals surface area contributed by atoms with E-state index in [0.717, 1.165) is 31.0 Å². The second-order valence-corrected chi connectivity index (χ2v) is 8.05. The molecule has 1 saturated carbocycles. The lowest BCUT2D eigenvalue weighted by Gasteiger charge is -2.36. The Hall–Kier alpha value is -2.83. The molecule has 5 nitrogen and oxygen atoms in total. The Balaban J connectivity index is 1.49. The second kappa shape index (κ2) is 7.54. The van der Waals surface area contributed by atoms with E-state index in [0.29, 0.717) is 25.1 Å². The van der Waals surface area contributed by atoms with Crippen LogP contribution in [0.15, 0.2) is 36.4 Å². The maximum Gasteiger partial charge on any atom is 0.270 e. The summed E-state index contributed by atoms with van der Waals surface area (Å²) >= 11 is 0. The van der Waals surface area contributed by atoms with E-state index >= 15 is 0 Å². The Morgan fingerprint density at radius 2 is 1.97 bits per heavy atom. The molecule has 7 heteroatoms. The van der Waals surface area contributed by atoms with Crippen molar-refractivity contribution in [1.29, 1.82) is 0 Å². The molecule has 2 aliphatic rings. The van der Waals surface area contributed by atoms with E-state index in [9.17, 15) is 18.4 Å². The number of amides is 2. The molecule has 1 N–H and O–H groups in total. The fourth-order valence-electron chi connectivity index (χ4n) is 4.60. The van der Waals surface area contributed by atoms with Crippen LogP contribution in [0.3, 0.4) is 0 Å². The predicted octanol–water partition coefficient (Wildman–Crippen LogP) is 3.76. The molecule has 1 saturated heterocycles. The summed E-state index contributed by atoms with van der Waals surface area (Å²) < 4.78 is 27.2. The number of hydrogen-bond donors (Lipinski definition) is 1. The van der Waals surface area contributed by atoms with Crippen molar-refractivity contribution in [3.05, 3.63) is 59.4 Å². The summed E-state index contributed by atoms with van der Waals surface area (Å²) in [7, 11) is 0. The Labute approximate surface area is 168 Å². The smallest absolute Gasteiger partial charge is 0.270 e. The van der Waals surface area contributed by atoms with Crippen LogP contribution in [0.1, 0.15) is 48.3 Å². The highest BCUT2D eigenvalue weighted by molar-refractivity contribution is 6.00. The molecule has 0 radical (unpaired) electrons. The van der Waals surface area contributed by atoms with Crippen molar-refractivity contribution in [3.63, 3.8) is 0 Å². The molecule has 1 unspecified atom stereocenters. The highest BCUT2D eigenvalue weighted by Crippen LogP contribution is 2.46. The van der Waals surface area contributed by atoms with Crippen molar-refractivity contribution in [2.24, 2.45) is 5.41 Å². The lowest BCUT2D eigenvalue weighted by Crippen LogP contribution is -2.46. The van der Waals surface area contributed by atoms with E-state index in [1.54, 1.807) is 12.1 Å². The Morgan fingerprint density at radius 1 is 1.21 bits per heavy atom. The standard InChI is InChI=1S/C22H23F2N3O2/c1-14-4-2-6-19(25-14)20(28)26-17-5-3-7-22(13-17)8-9-27(21(22)29)18-11-15(23)10-16(24)12-18/h2,4,6,10-12,17H,3,5,7-9,13H2,1H3,(H,26,28)/t17-,22?/m0/s1. The van der Waals surface area contributed by atoms with Gasteiger partial charge in [0.2, 0.25) is 5.91 Å². The number of carbonyl (C=O) groups excluding carboxylic acids is 2. The first-order valence-electron chi connectivity index (χ1n) is 9.89. The topological polar surface area (TPSA) is 62.3 Å². The molecule has 1 spiro atoms. The van der Waals surface area contributed by atoms with Crippen LogP contribution in [0.4, 0.5) is 14.5 Å². The van der Waals surface area contributed by atoms with Crippen LogP contribution in [0.25, 0.3) is 0 Å². The molecule has 1 aromatic heterocycles. The minimum Gasteiger partial charge on any atom is -0.348 e. The maximum absolute atomic E-state index is 13.6. The second-order valence-electron chi connectivity index (χ2n) is 8.05. The van der Waals surface area contributed by atoms with Crippen LogP contribution >= 0.6 is 0 Å². The van der Waals surface area contributed by atoms with Gasteiger partial charge in [0.15, 0.2) is 0 Å². The fourth-order valence-corrected chi connectivity index (χ4v) is 4.60. The van der Waals surface area contributed by atoms with E-state index in [4.69, 9.17) is 0 Å². The molecule has 29 heavy (non-hydrogen) atoms. The van der Waals surface area contributed by atoms with E-state index in [2.05, 4.69) is 10.3 Å². The third kappa shape index (κ3) is 3.86. The number of pyridine rings is 1. The van der Waals surface area contributed by atoms with Gasteiger partial charge in [-0.3, -0.25) is 9.59 Å². The van der Waals surface area contributed by atoms with Gasteiger partial charge in [-0.15, -0.1) is 0 Å². The molecule has 4 rings (SSSR count). The third-order valence-corrected chi connectivity index (χ3v) is 5.97. The number of benzene rings is 1. The molecule has 2 heterocycles. The van der Waals surface area contributed by atoms with E-state index in [1.807, 2.05) is 13.0 Å². The Bertz CT molecular complexity index is 945. The molecule has 0 bridgehead atoms. The van der Waals surface area contributed by atoms with Crippen molar-refractivity contribution in [1.82, 2.24) is 10.3 Å². The summed E-state index contributed by atoms with van der Waals surface area (Å²) in [5.74, 6) is -1.76.